The molecule has 0 aliphatic carbocycles. The van der Waals surface area contributed by atoms with Crippen molar-refractivity contribution in [1.82, 2.24) is 9.21 Å². The Morgan fingerprint density at radius 2 is 1.64 bits per heavy atom. The Balaban J connectivity index is 1.76. The van der Waals surface area contributed by atoms with E-state index in [1.165, 1.54) is 10.6 Å². The van der Waals surface area contributed by atoms with Crippen molar-refractivity contribution in [3.05, 3.63) is 52.0 Å². The quantitative estimate of drug-likeness (QED) is 0.821. The number of hydrogen-bond acceptors (Lipinski definition) is 5. The van der Waals surface area contributed by atoms with Gasteiger partial charge in [0.05, 0.1) is 11.2 Å². The molecule has 1 aromatic carbocycles. The Labute approximate surface area is 165 Å². The molecule has 1 aliphatic heterocycles. The fourth-order valence-corrected chi connectivity index (χ4v) is 5.71. The van der Waals surface area contributed by atoms with Crippen LogP contribution in [0.15, 0.2) is 27.7 Å². The van der Waals surface area contributed by atoms with E-state index in [2.05, 4.69) is 0 Å². The van der Waals surface area contributed by atoms with Crippen LogP contribution in [0.25, 0.3) is 0 Å². The van der Waals surface area contributed by atoms with Gasteiger partial charge in [-0.25, -0.2) is 13.2 Å². The first-order valence-electron chi connectivity index (χ1n) is 9.22. The number of sulfonamides is 1. The van der Waals surface area contributed by atoms with E-state index in [0.29, 0.717) is 43.2 Å². The van der Waals surface area contributed by atoms with Crippen LogP contribution >= 0.6 is 0 Å². The zero-order valence-corrected chi connectivity index (χ0v) is 17.5. The maximum atomic E-state index is 13.3. The molecule has 0 radical (unpaired) electrons. The highest BCUT2D eigenvalue weighted by atomic mass is 32.2. The van der Waals surface area contributed by atoms with Gasteiger partial charge >= 0.3 is 5.97 Å². The van der Waals surface area contributed by atoms with Crippen LogP contribution in [0.4, 0.5) is 0 Å². The molecule has 0 spiro atoms. The molecule has 152 valence electrons. The molecule has 0 amide bonds. The third-order valence-electron chi connectivity index (χ3n) is 5.56. The lowest BCUT2D eigenvalue weighted by atomic mass is 10.0. The zero-order chi connectivity index (χ0) is 20.6. The van der Waals surface area contributed by atoms with E-state index in [1.54, 1.807) is 6.07 Å². The van der Waals surface area contributed by atoms with E-state index < -0.39 is 16.0 Å². The Morgan fingerprint density at radius 3 is 2.18 bits per heavy atom. The SMILES string of the molecule is Cc1cc(C)c(C)c(S(=O)(=O)N2CCN(Cc3ccoc3C(=O)O)CC2)c1C. The van der Waals surface area contributed by atoms with Crippen LogP contribution in [0.3, 0.4) is 0 Å². The first kappa shape index (κ1) is 20.6. The van der Waals surface area contributed by atoms with Gasteiger partial charge in [0.15, 0.2) is 0 Å². The van der Waals surface area contributed by atoms with Crippen molar-refractivity contribution in [3.8, 4) is 0 Å². The van der Waals surface area contributed by atoms with Gasteiger partial charge in [-0.15, -0.1) is 0 Å². The van der Waals surface area contributed by atoms with Gasteiger partial charge in [-0.05, 0) is 56.0 Å². The molecule has 2 aromatic rings. The molecule has 1 aromatic heterocycles. The van der Waals surface area contributed by atoms with Gasteiger partial charge in [-0.2, -0.15) is 4.31 Å². The van der Waals surface area contributed by atoms with Gasteiger partial charge in [-0.3, -0.25) is 4.90 Å². The molecular formula is C20H26N2O5S. The van der Waals surface area contributed by atoms with Crippen molar-refractivity contribution in [3.63, 3.8) is 0 Å². The number of carbonyl (C=O) groups is 1. The zero-order valence-electron chi connectivity index (χ0n) is 16.7. The highest BCUT2D eigenvalue weighted by Gasteiger charge is 2.32. The molecule has 7 nitrogen and oxygen atoms in total. The van der Waals surface area contributed by atoms with Crippen LogP contribution in [-0.2, 0) is 16.6 Å². The average Bonchev–Trinajstić information content (AvgIpc) is 3.09. The molecule has 0 unspecified atom stereocenters. The van der Waals surface area contributed by atoms with Crippen molar-refractivity contribution in [1.29, 1.82) is 0 Å². The van der Waals surface area contributed by atoms with E-state index in [1.807, 2.05) is 38.7 Å². The van der Waals surface area contributed by atoms with Crippen LogP contribution in [0, 0.1) is 27.7 Å². The number of hydrogen-bond donors (Lipinski definition) is 1. The lowest BCUT2D eigenvalue weighted by Gasteiger charge is -2.34. The number of carboxylic acids is 1. The number of nitrogens with zero attached hydrogens (tertiary/aromatic N) is 2. The Morgan fingerprint density at radius 1 is 1.07 bits per heavy atom. The highest BCUT2D eigenvalue weighted by Crippen LogP contribution is 2.29. The standard InChI is InChI=1S/C20H26N2O5S/c1-13-11-14(2)16(4)19(15(13)3)28(25,26)22-8-6-21(7-9-22)12-17-5-10-27-18(17)20(23)24/h5,10-11H,6-9,12H2,1-4H3,(H,23,24). The smallest absolute Gasteiger partial charge is 0.372 e. The molecule has 3 rings (SSSR count). The van der Waals surface area contributed by atoms with Gasteiger partial charge in [0.2, 0.25) is 15.8 Å². The second-order valence-electron chi connectivity index (χ2n) is 7.35. The molecule has 1 N–H and O–H groups in total. The summed E-state index contributed by atoms with van der Waals surface area (Å²) in [6, 6.07) is 3.67. The lowest BCUT2D eigenvalue weighted by Crippen LogP contribution is -2.48. The average molecular weight is 407 g/mol. The molecule has 1 saturated heterocycles. The topological polar surface area (TPSA) is 91.1 Å². The fraction of sp³-hybridized carbons (Fsp3) is 0.450. The fourth-order valence-electron chi connectivity index (χ4n) is 3.71. The summed E-state index contributed by atoms with van der Waals surface area (Å²) in [5, 5.41) is 9.16. The van der Waals surface area contributed by atoms with Crippen LogP contribution in [0.2, 0.25) is 0 Å². The van der Waals surface area contributed by atoms with Crippen molar-refractivity contribution in [2.45, 2.75) is 39.1 Å². The maximum Gasteiger partial charge on any atom is 0.372 e. The minimum atomic E-state index is -3.58. The molecule has 1 fully saturated rings. The number of piperazine rings is 1. The second kappa shape index (κ2) is 7.69. The normalized spacial score (nSPS) is 16.4. The molecule has 8 heteroatoms. The third-order valence-corrected chi connectivity index (χ3v) is 7.73. The summed E-state index contributed by atoms with van der Waals surface area (Å²) in [6.07, 6.45) is 1.37. The number of carboxylic acid groups (broad SMARTS) is 1. The van der Waals surface area contributed by atoms with E-state index >= 15 is 0 Å². The molecule has 1 aliphatic rings. The second-order valence-corrected chi connectivity index (χ2v) is 9.22. The number of furan rings is 1. The summed E-state index contributed by atoms with van der Waals surface area (Å²) in [7, 11) is -3.58. The van der Waals surface area contributed by atoms with Crippen molar-refractivity contribution in [2.75, 3.05) is 26.2 Å². The minimum Gasteiger partial charge on any atom is -0.475 e. The Kier molecular flexibility index (Phi) is 5.65. The number of benzene rings is 1. The minimum absolute atomic E-state index is 0.0588. The summed E-state index contributed by atoms with van der Waals surface area (Å²) >= 11 is 0. The van der Waals surface area contributed by atoms with Gasteiger partial charge in [0, 0.05) is 38.3 Å². The van der Waals surface area contributed by atoms with Gasteiger partial charge in [0.25, 0.3) is 0 Å². The van der Waals surface area contributed by atoms with E-state index in [4.69, 9.17) is 9.52 Å². The summed E-state index contributed by atoms with van der Waals surface area (Å²) in [4.78, 5) is 13.6. The molecular weight excluding hydrogens is 380 g/mol. The Hall–Kier alpha value is -2.16. The predicted octanol–water partition coefficient (Wildman–Crippen LogP) is 2.72. The summed E-state index contributed by atoms with van der Waals surface area (Å²) in [6.45, 7) is 9.82. The number of aromatic carboxylic acids is 1. The third kappa shape index (κ3) is 3.72. The van der Waals surface area contributed by atoms with E-state index in [-0.39, 0.29) is 5.76 Å². The first-order valence-corrected chi connectivity index (χ1v) is 10.7. The molecule has 0 bridgehead atoms. The predicted molar refractivity (Wildman–Crippen MR) is 105 cm³/mol. The number of rotatable bonds is 5. The van der Waals surface area contributed by atoms with Crippen LogP contribution in [-0.4, -0.2) is 54.9 Å². The van der Waals surface area contributed by atoms with Crippen molar-refractivity contribution in [2.24, 2.45) is 0 Å². The van der Waals surface area contributed by atoms with E-state index in [9.17, 15) is 13.2 Å². The molecule has 0 atom stereocenters. The van der Waals surface area contributed by atoms with Crippen molar-refractivity contribution < 1.29 is 22.7 Å². The maximum absolute atomic E-state index is 13.3. The van der Waals surface area contributed by atoms with E-state index in [0.717, 1.165) is 22.3 Å². The van der Waals surface area contributed by atoms with Gasteiger partial charge in [0.1, 0.15) is 0 Å². The Bertz CT molecular complexity index is 976. The van der Waals surface area contributed by atoms with Gasteiger partial charge in [-0.1, -0.05) is 6.07 Å². The highest BCUT2D eigenvalue weighted by molar-refractivity contribution is 7.89. The number of aryl methyl sites for hydroxylation is 2. The molecule has 2 heterocycles. The van der Waals surface area contributed by atoms with Crippen molar-refractivity contribution >= 4 is 16.0 Å². The van der Waals surface area contributed by atoms with Crippen LogP contribution in [0.5, 0.6) is 0 Å². The summed E-state index contributed by atoms with van der Waals surface area (Å²) in [5.41, 5.74) is 4.15. The molecule has 0 saturated carbocycles. The summed E-state index contributed by atoms with van der Waals surface area (Å²) in [5.74, 6) is -1.15. The van der Waals surface area contributed by atoms with Crippen LogP contribution in [0.1, 0.15) is 38.4 Å². The van der Waals surface area contributed by atoms with Crippen LogP contribution < -0.4 is 0 Å². The lowest BCUT2D eigenvalue weighted by molar-refractivity contribution is 0.0658. The summed E-state index contributed by atoms with van der Waals surface area (Å²) < 4.78 is 33.2. The first-order chi connectivity index (χ1) is 13.1. The monoisotopic (exact) mass is 406 g/mol. The van der Waals surface area contributed by atoms with Gasteiger partial charge < -0.3 is 9.52 Å². The largest absolute Gasteiger partial charge is 0.475 e. The molecule has 28 heavy (non-hydrogen) atoms.